The minimum atomic E-state index is -4.50. The molecule has 126 valence electrons. The molecule has 5 nitrogen and oxygen atoms in total. The molecule has 0 radical (unpaired) electrons. The molecule has 24 heavy (non-hydrogen) atoms. The van der Waals surface area contributed by atoms with Gasteiger partial charge < -0.3 is 9.30 Å². The number of pyridine rings is 1. The fraction of sp³-hybridized carbons (Fsp3) is 0.267. The largest absolute Gasteiger partial charge is 0.461 e. The second kappa shape index (κ2) is 6.23. The number of aromatic nitrogens is 3. The molecule has 3 heterocycles. The Morgan fingerprint density at radius 3 is 2.75 bits per heavy atom. The summed E-state index contributed by atoms with van der Waals surface area (Å²) in [6.07, 6.45) is -2.12. The van der Waals surface area contributed by atoms with Gasteiger partial charge in [-0.2, -0.15) is 13.2 Å². The Labute approximate surface area is 138 Å². The average molecular weight is 355 g/mol. The van der Waals surface area contributed by atoms with Crippen molar-refractivity contribution in [3.8, 4) is 0 Å². The molecule has 0 aliphatic rings. The van der Waals surface area contributed by atoms with Crippen LogP contribution in [0.2, 0.25) is 0 Å². The van der Waals surface area contributed by atoms with E-state index in [1.54, 1.807) is 18.5 Å². The molecule has 0 fully saturated rings. The summed E-state index contributed by atoms with van der Waals surface area (Å²) in [5.41, 5.74) is -0.438. The first-order chi connectivity index (χ1) is 11.4. The minimum Gasteiger partial charge on any atom is -0.461 e. The highest BCUT2D eigenvalue weighted by molar-refractivity contribution is 7.09. The second-order valence-electron chi connectivity index (χ2n) is 4.90. The second-order valence-corrected chi connectivity index (χ2v) is 5.88. The molecule has 0 amide bonds. The normalized spacial score (nSPS) is 11.8. The predicted molar refractivity (Wildman–Crippen MR) is 81.9 cm³/mol. The molecule has 0 aliphatic carbocycles. The number of alkyl halides is 3. The molecule has 9 heteroatoms. The fourth-order valence-electron chi connectivity index (χ4n) is 2.30. The van der Waals surface area contributed by atoms with Gasteiger partial charge in [-0.3, -0.25) is 0 Å². The van der Waals surface area contributed by atoms with Crippen molar-refractivity contribution in [1.29, 1.82) is 0 Å². The van der Waals surface area contributed by atoms with Crippen LogP contribution in [0.4, 0.5) is 13.2 Å². The van der Waals surface area contributed by atoms with E-state index in [0.717, 1.165) is 12.3 Å². The Morgan fingerprint density at radius 2 is 2.12 bits per heavy atom. The maximum atomic E-state index is 12.9. The number of halogens is 3. The van der Waals surface area contributed by atoms with Gasteiger partial charge in [0, 0.05) is 23.2 Å². The van der Waals surface area contributed by atoms with Crippen molar-refractivity contribution in [3.63, 3.8) is 0 Å². The molecule has 3 aromatic heterocycles. The molecule has 0 saturated carbocycles. The first-order valence-corrected chi connectivity index (χ1v) is 7.90. The summed E-state index contributed by atoms with van der Waals surface area (Å²) < 4.78 is 45.1. The third-order valence-corrected chi connectivity index (χ3v) is 4.09. The summed E-state index contributed by atoms with van der Waals surface area (Å²) in [6, 6.07) is 2.34. The van der Waals surface area contributed by atoms with Crippen LogP contribution in [0.5, 0.6) is 0 Å². The monoisotopic (exact) mass is 355 g/mol. The number of carbonyl (C=O) groups excluding carboxylic acids is 1. The lowest BCUT2D eigenvalue weighted by Gasteiger charge is -2.09. The average Bonchev–Trinajstić information content (AvgIpc) is 3.15. The van der Waals surface area contributed by atoms with E-state index in [0.29, 0.717) is 5.01 Å². The standard InChI is InChI=1S/C15H12F3N3O2S/c1-2-23-14(22)11-6-9-5-10(15(16,17)18)7-20-13(9)21(11)8-12-19-3-4-24-12/h3-7H,2,8H2,1H3. The number of ether oxygens (including phenoxy) is 1. The maximum Gasteiger partial charge on any atom is 0.417 e. The molecule has 0 aliphatic heterocycles. The summed E-state index contributed by atoms with van der Waals surface area (Å²) in [5, 5.41) is 2.71. The van der Waals surface area contributed by atoms with E-state index in [-0.39, 0.29) is 29.9 Å². The molecular weight excluding hydrogens is 343 g/mol. The van der Waals surface area contributed by atoms with Crippen LogP contribution < -0.4 is 0 Å². The van der Waals surface area contributed by atoms with E-state index in [1.807, 2.05) is 0 Å². The zero-order valence-corrected chi connectivity index (χ0v) is 13.3. The molecule has 0 unspecified atom stereocenters. The van der Waals surface area contributed by atoms with Gasteiger partial charge in [0.2, 0.25) is 0 Å². The fourth-order valence-corrected chi connectivity index (χ4v) is 2.91. The van der Waals surface area contributed by atoms with Crippen molar-refractivity contribution in [2.75, 3.05) is 6.61 Å². The summed E-state index contributed by atoms with van der Waals surface area (Å²) in [6.45, 7) is 2.05. The van der Waals surface area contributed by atoms with Gasteiger partial charge in [0.1, 0.15) is 16.3 Å². The van der Waals surface area contributed by atoms with Crippen molar-refractivity contribution in [2.45, 2.75) is 19.6 Å². The molecule has 3 aromatic rings. The van der Waals surface area contributed by atoms with Crippen molar-refractivity contribution in [3.05, 3.63) is 46.2 Å². The number of rotatable bonds is 4. The zero-order valence-electron chi connectivity index (χ0n) is 12.5. The molecular formula is C15H12F3N3O2S. The Kier molecular flexibility index (Phi) is 4.27. The van der Waals surface area contributed by atoms with Crippen LogP contribution >= 0.6 is 11.3 Å². The van der Waals surface area contributed by atoms with Crippen molar-refractivity contribution < 1.29 is 22.7 Å². The molecule has 0 saturated heterocycles. The quantitative estimate of drug-likeness (QED) is 0.669. The lowest BCUT2D eigenvalue weighted by atomic mass is 10.2. The molecule has 0 bridgehead atoms. The Balaban J connectivity index is 2.13. The first-order valence-electron chi connectivity index (χ1n) is 7.02. The van der Waals surface area contributed by atoms with Gasteiger partial charge in [-0.1, -0.05) is 0 Å². The number of nitrogens with zero attached hydrogens (tertiary/aromatic N) is 3. The first kappa shape index (κ1) is 16.4. The van der Waals surface area contributed by atoms with Crippen molar-refractivity contribution in [2.24, 2.45) is 0 Å². The van der Waals surface area contributed by atoms with E-state index < -0.39 is 17.7 Å². The molecule has 0 atom stereocenters. The van der Waals surface area contributed by atoms with Gasteiger partial charge in [0.15, 0.2) is 0 Å². The minimum absolute atomic E-state index is 0.147. The van der Waals surface area contributed by atoms with E-state index >= 15 is 0 Å². The highest BCUT2D eigenvalue weighted by atomic mass is 32.1. The topological polar surface area (TPSA) is 57.0 Å². The van der Waals surface area contributed by atoms with Gasteiger partial charge in [-0.05, 0) is 19.1 Å². The number of fused-ring (bicyclic) bond motifs is 1. The molecule has 0 spiro atoms. The van der Waals surface area contributed by atoms with Crippen LogP contribution in [0.15, 0.2) is 29.9 Å². The van der Waals surface area contributed by atoms with Crippen LogP contribution in [-0.2, 0) is 17.5 Å². The third-order valence-electron chi connectivity index (χ3n) is 3.32. The molecule has 3 rings (SSSR count). The van der Waals surface area contributed by atoms with Crippen LogP contribution in [0.3, 0.4) is 0 Å². The summed E-state index contributed by atoms with van der Waals surface area (Å²) in [7, 11) is 0. The van der Waals surface area contributed by atoms with E-state index in [4.69, 9.17) is 4.74 Å². The number of thiazole rings is 1. The Hall–Kier alpha value is -2.42. The van der Waals surface area contributed by atoms with Crippen LogP contribution in [0.25, 0.3) is 11.0 Å². The van der Waals surface area contributed by atoms with E-state index in [1.165, 1.54) is 22.0 Å². The Bertz CT molecular complexity index is 872. The number of esters is 1. The van der Waals surface area contributed by atoms with E-state index in [2.05, 4.69) is 9.97 Å². The number of hydrogen-bond acceptors (Lipinski definition) is 5. The van der Waals surface area contributed by atoms with Gasteiger partial charge in [0.25, 0.3) is 0 Å². The number of carbonyl (C=O) groups is 1. The third kappa shape index (κ3) is 3.12. The highest BCUT2D eigenvalue weighted by Gasteiger charge is 2.32. The maximum absolute atomic E-state index is 12.9. The summed E-state index contributed by atoms with van der Waals surface area (Å²) in [4.78, 5) is 20.2. The smallest absolute Gasteiger partial charge is 0.417 e. The number of hydrogen-bond donors (Lipinski definition) is 0. The van der Waals surface area contributed by atoms with Crippen LogP contribution in [-0.4, -0.2) is 27.1 Å². The summed E-state index contributed by atoms with van der Waals surface area (Å²) >= 11 is 1.38. The van der Waals surface area contributed by atoms with E-state index in [9.17, 15) is 18.0 Å². The van der Waals surface area contributed by atoms with Gasteiger partial charge in [-0.25, -0.2) is 14.8 Å². The predicted octanol–water partition coefficient (Wildman–Crippen LogP) is 3.74. The molecule has 0 aromatic carbocycles. The van der Waals surface area contributed by atoms with Crippen molar-refractivity contribution in [1.82, 2.24) is 14.5 Å². The van der Waals surface area contributed by atoms with Gasteiger partial charge in [0.05, 0.1) is 18.7 Å². The van der Waals surface area contributed by atoms with Crippen molar-refractivity contribution >= 4 is 28.3 Å². The SMILES string of the molecule is CCOC(=O)c1cc2cc(C(F)(F)F)cnc2n1Cc1nccs1. The lowest BCUT2D eigenvalue weighted by Crippen LogP contribution is -2.13. The summed E-state index contributed by atoms with van der Waals surface area (Å²) in [5.74, 6) is -0.611. The van der Waals surface area contributed by atoms with Gasteiger partial charge in [-0.15, -0.1) is 11.3 Å². The van der Waals surface area contributed by atoms with Crippen LogP contribution in [0, 0.1) is 0 Å². The highest BCUT2D eigenvalue weighted by Crippen LogP contribution is 2.31. The lowest BCUT2D eigenvalue weighted by molar-refractivity contribution is -0.137. The van der Waals surface area contributed by atoms with Gasteiger partial charge >= 0.3 is 12.1 Å². The van der Waals surface area contributed by atoms with Crippen LogP contribution in [0.1, 0.15) is 28.0 Å². The molecule has 0 N–H and O–H groups in total. The zero-order chi connectivity index (χ0) is 17.3. The Morgan fingerprint density at radius 1 is 1.33 bits per heavy atom.